The van der Waals surface area contributed by atoms with Gasteiger partial charge in [-0.1, -0.05) is 0 Å². The maximum absolute atomic E-state index is 13.0. The van der Waals surface area contributed by atoms with Crippen molar-refractivity contribution in [3.63, 3.8) is 0 Å². The molecule has 36 heavy (non-hydrogen) atoms. The summed E-state index contributed by atoms with van der Waals surface area (Å²) in [5.74, 6) is 0.591. The molecule has 2 aliphatic rings. The van der Waals surface area contributed by atoms with Crippen molar-refractivity contribution in [1.82, 2.24) is 15.0 Å². The molecule has 1 aliphatic carbocycles. The van der Waals surface area contributed by atoms with Crippen LogP contribution in [0.4, 0.5) is 19.0 Å². The third kappa shape index (κ3) is 5.04. The maximum Gasteiger partial charge on any atom is 0.416 e. The van der Waals surface area contributed by atoms with Gasteiger partial charge in [0.15, 0.2) is 0 Å². The summed E-state index contributed by atoms with van der Waals surface area (Å²) in [4.78, 5) is 25.6. The number of hydrogen-bond acceptors (Lipinski definition) is 5. The molecule has 0 atom stereocenters. The summed E-state index contributed by atoms with van der Waals surface area (Å²) >= 11 is 0. The van der Waals surface area contributed by atoms with Crippen molar-refractivity contribution in [3.8, 4) is 11.4 Å². The van der Waals surface area contributed by atoms with E-state index in [0.717, 1.165) is 56.7 Å². The first kappa shape index (κ1) is 24.5. The number of alkyl halides is 3. The number of hydrogen-bond donors (Lipinski definition) is 2. The minimum Gasteiger partial charge on any atom is -0.481 e. The molecule has 2 N–H and O–H groups in total. The Hall–Kier alpha value is -3.14. The maximum atomic E-state index is 13.0. The van der Waals surface area contributed by atoms with Crippen LogP contribution in [0.25, 0.3) is 22.4 Å². The van der Waals surface area contributed by atoms with Gasteiger partial charge >= 0.3 is 12.1 Å². The van der Waals surface area contributed by atoms with Gasteiger partial charge in [0, 0.05) is 24.8 Å². The smallest absolute Gasteiger partial charge is 0.416 e. The van der Waals surface area contributed by atoms with E-state index in [-0.39, 0.29) is 12.2 Å². The second kappa shape index (κ2) is 9.38. The number of pyridine rings is 1. The number of aromatic amines is 1. The molecule has 0 radical (unpaired) electrons. The van der Waals surface area contributed by atoms with Crippen molar-refractivity contribution in [3.05, 3.63) is 42.1 Å². The third-order valence-corrected chi connectivity index (χ3v) is 7.53. The molecule has 5 rings (SSSR count). The summed E-state index contributed by atoms with van der Waals surface area (Å²) in [6.07, 6.45) is 2.19. The number of benzene rings is 1. The molecule has 1 aliphatic heterocycles. The van der Waals surface area contributed by atoms with Gasteiger partial charge in [-0.25, -0.2) is 9.97 Å². The standard InChI is InChI=1S/C26H29F3N4O3/c1-25(24(34)35)10-6-18(7-11-25)36-19-8-12-33(13-9-19)22-5-2-16(15-30-22)23-31-20-4-3-17(26(27,28)29)14-21(20)32-23/h2-5,14-15,18-19H,6-13H2,1H3,(H,31,32)(H,34,35). The van der Waals surface area contributed by atoms with Crippen molar-refractivity contribution in [2.75, 3.05) is 18.0 Å². The molecular formula is C26H29F3N4O3. The first-order valence-electron chi connectivity index (χ1n) is 12.3. The topological polar surface area (TPSA) is 91.3 Å². The zero-order chi connectivity index (χ0) is 25.5. The average Bonchev–Trinajstić information content (AvgIpc) is 3.29. The largest absolute Gasteiger partial charge is 0.481 e. The lowest BCUT2D eigenvalue weighted by Gasteiger charge is -2.38. The number of ether oxygens (including phenoxy) is 1. The van der Waals surface area contributed by atoms with Crippen LogP contribution in [-0.2, 0) is 15.7 Å². The molecule has 0 bridgehead atoms. The van der Waals surface area contributed by atoms with Gasteiger partial charge in [0.2, 0.25) is 0 Å². The zero-order valence-electron chi connectivity index (χ0n) is 20.0. The molecule has 2 fully saturated rings. The fourth-order valence-corrected chi connectivity index (χ4v) is 5.11. The average molecular weight is 503 g/mol. The van der Waals surface area contributed by atoms with E-state index in [4.69, 9.17) is 4.74 Å². The van der Waals surface area contributed by atoms with E-state index in [0.29, 0.717) is 35.3 Å². The quantitative estimate of drug-likeness (QED) is 0.468. The van der Waals surface area contributed by atoms with E-state index in [1.807, 2.05) is 19.1 Å². The van der Waals surface area contributed by atoms with Gasteiger partial charge in [0.25, 0.3) is 0 Å². The van der Waals surface area contributed by atoms with Crippen LogP contribution >= 0.6 is 0 Å². The Morgan fingerprint density at radius 3 is 2.42 bits per heavy atom. The van der Waals surface area contributed by atoms with Crippen molar-refractivity contribution in [2.45, 2.75) is 63.8 Å². The van der Waals surface area contributed by atoms with E-state index in [1.54, 1.807) is 6.20 Å². The van der Waals surface area contributed by atoms with Crippen molar-refractivity contribution >= 4 is 22.8 Å². The first-order chi connectivity index (χ1) is 17.1. The minimum atomic E-state index is -4.40. The van der Waals surface area contributed by atoms with Gasteiger partial charge < -0.3 is 19.7 Å². The second-order valence-electron chi connectivity index (χ2n) is 10.1. The Balaban J connectivity index is 1.16. The zero-order valence-corrected chi connectivity index (χ0v) is 20.0. The summed E-state index contributed by atoms with van der Waals surface area (Å²) < 4.78 is 45.3. The molecule has 1 aromatic carbocycles. The predicted octanol–water partition coefficient (Wildman–Crippen LogP) is 5.66. The molecule has 1 saturated carbocycles. The highest BCUT2D eigenvalue weighted by Crippen LogP contribution is 2.38. The van der Waals surface area contributed by atoms with Crippen LogP contribution in [0.3, 0.4) is 0 Å². The number of halogens is 3. The number of fused-ring (bicyclic) bond motifs is 1. The van der Waals surface area contributed by atoms with E-state index >= 15 is 0 Å². The monoisotopic (exact) mass is 502 g/mol. The number of carbonyl (C=O) groups is 1. The van der Waals surface area contributed by atoms with Gasteiger partial charge in [-0.05, 0) is 75.8 Å². The molecule has 0 unspecified atom stereocenters. The van der Waals surface area contributed by atoms with Crippen LogP contribution < -0.4 is 4.90 Å². The van der Waals surface area contributed by atoms with Gasteiger partial charge in [0.05, 0.1) is 34.2 Å². The highest BCUT2D eigenvalue weighted by molar-refractivity contribution is 5.80. The van der Waals surface area contributed by atoms with Gasteiger partial charge in [-0.3, -0.25) is 4.79 Å². The number of carboxylic acids is 1. The number of H-pyrrole nitrogens is 1. The van der Waals surface area contributed by atoms with Gasteiger partial charge in [-0.2, -0.15) is 13.2 Å². The normalized spacial score (nSPS) is 23.8. The summed E-state index contributed by atoms with van der Waals surface area (Å²) in [6, 6.07) is 7.23. The Kier molecular flexibility index (Phi) is 6.40. The highest BCUT2D eigenvalue weighted by atomic mass is 19.4. The molecule has 3 aromatic rings. The fraction of sp³-hybridized carbons (Fsp3) is 0.500. The lowest BCUT2D eigenvalue weighted by Crippen LogP contribution is -2.41. The first-order valence-corrected chi connectivity index (χ1v) is 12.3. The van der Waals surface area contributed by atoms with Crippen LogP contribution in [0.1, 0.15) is 51.0 Å². The molecular weight excluding hydrogens is 473 g/mol. The molecule has 7 nitrogen and oxygen atoms in total. The Morgan fingerprint density at radius 1 is 1.11 bits per heavy atom. The number of anilines is 1. The number of piperidine rings is 1. The minimum absolute atomic E-state index is 0.127. The number of imidazole rings is 1. The summed E-state index contributed by atoms with van der Waals surface area (Å²) in [7, 11) is 0. The van der Waals surface area contributed by atoms with E-state index in [2.05, 4.69) is 19.9 Å². The molecule has 10 heteroatoms. The summed E-state index contributed by atoms with van der Waals surface area (Å²) in [5.41, 5.74) is 0.155. The Bertz CT molecular complexity index is 1230. The molecule has 192 valence electrons. The summed E-state index contributed by atoms with van der Waals surface area (Å²) in [5, 5.41) is 9.40. The van der Waals surface area contributed by atoms with Crippen molar-refractivity contribution in [1.29, 1.82) is 0 Å². The third-order valence-electron chi connectivity index (χ3n) is 7.53. The lowest BCUT2D eigenvalue weighted by molar-refractivity contribution is -0.152. The molecule has 0 spiro atoms. The molecule has 2 aromatic heterocycles. The van der Waals surface area contributed by atoms with Gasteiger partial charge in [0.1, 0.15) is 11.6 Å². The van der Waals surface area contributed by atoms with Crippen molar-refractivity contribution in [2.24, 2.45) is 5.41 Å². The lowest BCUT2D eigenvalue weighted by atomic mass is 9.75. The van der Waals surface area contributed by atoms with Crippen LogP contribution in [-0.4, -0.2) is 51.3 Å². The number of nitrogens with zero attached hydrogens (tertiary/aromatic N) is 3. The molecule has 3 heterocycles. The van der Waals surface area contributed by atoms with E-state index in [1.165, 1.54) is 6.07 Å². The molecule has 1 saturated heterocycles. The fourth-order valence-electron chi connectivity index (χ4n) is 5.11. The number of aromatic nitrogens is 3. The van der Waals surface area contributed by atoms with Crippen LogP contribution in [0, 0.1) is 5.41 Å². The van der Waals surface area contributed by atoms with E-state index < -0.39 is 23.1 Å². The van der Waals surface area contributed by atoms with Crippen LogP contribution in [0.15, 0.2) is 36.5 Å². The molecule has 0 amide bonds. The second-order valence-corrected chi connectivity index (χ2v) is 10.1. The van der Waals surface area contributed by atoms with Crippen molar-refractivity contribution < 1.29 is 27.8 Å². The Labute approximate surface area is 206 Å². The van der Waals surface area contributed by atoms with Crippen LogP contribution in [0.2, 0.25) is 0 Å². The van der Waals surface area contributed by atoms with Gasteiger partial charge in [-0.15, -0.1) is 0 Å². The van der Waals surface area contributed by atoms with Crippen LogP contribution in [0.5, 0.6) is 0 Å². The Morgan fingerprint density at radius 2 is 1.81 bits per heavy atom. The number of aliphatic carboxylic acids is 1. The summed E-state index contributed by atoms with van der Waals surface area (Å²) in [6.45, 7) is 3.43. The number of carboxylic acid groups (broad SMARTS) is 1. The predicted molar refractivity (Wildman–Crippen MR) is 129 cm³/mol. The highest BCUT2D eigenvalue weighted by Gasteiger charge is 2.38. The number of nitrogens with one attached hydrogen (secondary N) is 1. The SMILES string of the molecule is CC1(C(=O)O)CCC(OC2CCN(c3ccc(-c4nc5ccc(C(F)(F)F)cc5[nH]4)cn3)CC2)CC1. The van der Waals surface area contributed by atoms with E-state index in [9.17, 15) is 23.1 Å². The number of rotatable bonds is 5.